The van der Waals surface area contributed by atoms with Crippen LogP contribution in [0, 0.1) is 6.92 Å². The van der Waals surface area contributed by atoms with Crippen LogP contribution in [0.2, 0.25) is 0 Å². The van der Waals surface area contributed by atoms with Gasteiger partial charge in [-0.05, 0) is 50.6 Å². The summed E-state index contributed by atoms with van der Waals surface area (Å²) in [4.78, 5) is 2.43. The van der Waals surface area contributed by atoms with Gasteiger partial charge in [0.2, 0.25) is 0 Å². The minimum Gasteiger partial charge on any atom is -0.383 e. The average Bonchev–Trinajstić information content (AvgIpc) is 2.47. The smallest absolute Gasteiger partial charge is 0.0434 e. The molecule has 2 aromatic carbocycles. The molecule has 0 aliphatic heterocycles. The fourth-order valence-corrected chi connectivity index (χ4v) is 2.49. The number of hydrogen-bond acceptors (Lipinski definition) is 2. The Bertz CT molecular complexity index is 522. The first-order chi connectivity index (χ1) is 9.70. The van der Waals surface area contributed by atoms with Crippen molar-refractivity contribution in [1.82, 2.24) is 0 Å². The van der Waals surface area contributed by atoms with Crippen molar-refractivity contribution in [2.75, 3.05) is 23.3 Å². The maximum atomic E-state index is 3.50. The van der Waals surface area contributed by atoms with E-state index in [9.17, 15) is 0 Å². The van der Waals surface area contributed by atoms with E-state index in [1.54, 1.807) is 0 Å². The maximum Gasteiger partial charge on any atom is 0.0434 e. The first-order valence-corrected chi connectivity index (χ1v) is 7.33. The van der Waals surface area contributed by atoms with Crippen molar-refractivity contribution >= 4 is 11.4 Å². The SMILES string of the molecule is CCN(c1cccc(C)c1)C(C)CNc1ccccc1. The van der Waals surface area contributed by atoms with Crippen LogP contribution in [0.4, 0.5) is 11.4 Å². The fourth-order valence-electron chi connectivity index (χ4n) is 2.49. The van der Waals surface area contributed by atoms with Gasteiger partial charge in [-0.25, -0.2) is 0 Å². The van der Waals surface area contributed by atoms with Gasteiger partial charge in [0.15, 0.2) is 0 Å². The third-order valence-corrected chi connectivity index (χ3v) is 3.58. The van der Waals surface area contributed by atoms with Crippen molar-refractivity contribution in [2.45, 2.75) is 26.8 Å². The molecular formula is C18H24N2. The summed E-state index contributed by atoms with van der Waals surface area (Å²) in [6.07, 6.45) is 0. The number of benzene rings is 2. The number of nitrogens with zero attached hydrogens (tertiary/aromatic N) is 1. The molecule has 0 heterocycles. The van der Waals surface area contributed by atoms with Crippen molar-refractivity contribution in [2.24, 2.45) is 0 Å². The second-order valence-corrected chi connectivity index (χ2v) is 5.22. The molecule has 2 nitrogen and oxygen atoms in total. The zero-order chi connectivity index (χ0) is 14.4. The van der Waals surface area contributed by atoms with Gasteiger partial charge in [0, 0.05) is 30.5 Å². The van der Waals surface area contributed by atoms with Gasteiger partial charge in [-0.1, -0.05) is 30.3 Å². The summed E-state index contributed by atoms with van der Waals surface area (Å²) in [7, 11) is 0. The lowest BCUT2D eigenvalue weighted by molar-refractivity contribution is 0.674. The molecule has 1 unspecified atom stereocenters. The molecular weight excluding hydrogens is 244 g/mol. The number of anilines is 2. The topological polar surface area (TPSA) is 15.3 Å². The van der Waals surface area contributed by atoms with Crippen LogP contribution in [0.3, 0.4) is 0 Å². The zero-order valence-corrected chi connectivity index (χ0v) is 12.6. The first-order valence-electron chi connectivity index (χ1n) is 7.33. The van der Waals surface area contributed by atoms with E-state index in [-0.39, 0.29) is 0 Å². The lowest BCUT2D eigenvalue weighted by Gasteiger charge is -2.31. The molecule has 20 heavy (non-hydrogen) atoms. The summed E-state index contributed by atoms with van der Waals surface area (Å²) >= 11 is 0. The van der Waals surface area contributed by atoms with Gasteiger partial charge in [0.05, 0.1) is 0 Å². The molecule has 0 aliphatic carbocycles. The van der Waals surface area contributed by atoms with Crippen LogP contribution in [-0.4, -0.2) is 19.1 Å². The lowest BCUT2D eigenvalue weighted by Crippen LogP contribution is -2.37. The first kappa shape index (κ1) is 14.4. The van der Waals surface area contributed by atoms with Gasteiger partial charge >= 0.3 is 0 Å². The minimum atomic E-state index is 0.446. The standard InChI is InChI=1S/C18H24N2/c1-4-20(18-12-8-9-15(2)13-18)16(3)14-19-17-10-6-5-7-11-17/h5-13,16,19H,4,14H2,1-3H3. The number of hydrogen-bond donors (Lipinski definition) is 1. The van der Waals surface area contributed by atoms with Crippen LogP contribution in [0.25, 0.3) is 0 Å². The molecule has 0 saturated carbocycles. The average molecular weight is 268 g/mol. The molecule has 2 aromatic rings. The van der Waals surface area contributed by atoms with E-state index in [0.29, 0.717) is 6.04 Å². The van der Waals surface area contributed by atoms with Crippen LogP contribution >= 0.6 is 0 Å². The van der Waals surface area contributed by atoms with E-state index >= 15 is 0 Å². The second kappa shape index (κ2) is 6.99. The van der Waals surface area contributed by atoms with Crippen LogP contribution in [0.1, 0.15) is 19.4 Å². The Balaban J connectivity index is 2.00. The molecule has 0 radical (unpaired) electrons. The molecule has 0 spiro atoms. The third kappa shape index (κ3) is 3.77. The molecule has 0 aromatic heterocycles. The van der Waals surface area contributed by atoms with Crippen molar-refractivity contribution in [1.29, 1.82) is 0 Å². The van der Waals surface area contributed by atoms with Gasteiger partial charge in [-0.3, -0.25) is 0 Å². The summed E-state index contributed by atoms with van der Waals surface area (Å²) in [5, 5.41) is 3.50. The minimum absolute atomic E-state index is 0.446. The monoisotopic (exact) mass is 268 g/mol. The Labute approximate surface area is 122 Å². The Morgan fingerprint density at radius 3 is 2.45 bits per heavy atom. The van der Waals surface area contributed by atoms with Gasteiger partial charge in [0.1, 0.15) is 0 Å². The van der Waals surface area contributed by atoms with Crippen LogP contribution in [-0.2, 0) is 0 Å². The van der Waals surface area contributed by atoms with Gasteiger partial charge in [-0.2, -0.15) is 0 Å². The highest BCUT2D eigenvalue weighted by Crippen LogP contribution is 2.18. The fraction of sp³-hybridized carbons (Fsp3) is 0.333. The highest BCUT2D eigenvalue weighted by atomic mass is 15.2. The largest absolute Gasteiger partial charge is 0.383 e. The molecule has 0 aliphatic rings. The highest BCUT2D eigenvalue weighted by Gasteiger charge is 2.12. The highest BCUT2D eigenvalue weighted by molar-refractivity contribution is 5.50. The second-order valence-electron chi connectivity index (χ2n) is 5.22. The summed E-state index contributed by atoms with van der Waals surface area (Å²) in [5.74, 6) is 0. The predicted molar refractivity (Wildman–Crippen MR) is 88.6 cm³/mol. The number of nitrogens with one attached hydrogen (secondary N) is 1. The Morgan fingerprint density at radius 1 is 1.05 bits per heavy atom. The van der Waals surface area contributed by atoms with E-state index in [2.05, 4.69) is 79.5 Å². The van der Waals surface area contributed by atoms with Crippen molar-refractivity contribution in [3.63, 3.8) is 0 Å². The Morgan fingerprint density at radius 2 is 1.80 bits per heavy atom. The van der Waals surface area contributed by atoms with E-state index < -0.39 is 0 Å². The molecule has 0 bridgehead atoms. The quantitative estimate of drug-likeness (QED) is 0.839. The van der Waals surface area contributed by atoms with E-state index in [1.165, 1.54) is 16.9 Å². The molecule has 2 heteroatoms. The predicted octanol–water partition coefficient (Wildman–Crippen LogP) is 4.32. The van der Waals surface area contributed by atoms with Crippen molar-refractivity contribution in [3.8, 4) is 0 Å². The van der Waals surface area contributed by atoms with Crippen LogP contribution in [0.15, 0.2) is 54.6 Å². The van der Waals surface area contributed by atoms with E-state index in [0.717, 1.165) is 13.1 Å². The summed E-state index contributed by atoms with van der Waals surface area (Å²) in [5.41, 5.74) is 3.79. The number of aryl methyl sites for hydroxylation is 1. The molecule has 2 rings (SSSR count). The van der Waals surface area contributed by atoms with Crippen LogP contribution < -0.4 is 10.2 Å². The number of likely N-dealkylation sites (N-methyl/N-ethyl adjacent to an activating group) is 1. The zero-order valence-electron chi connectivity index (χ0n) is 12.6. The van der Waals surface area contributed by atoms with E-state index in [1.807, 2.05) is 6.07 Å². The lowest BCUT2D eigenvalue weighted by atomic mass is 10.1. The van der Waals surface area contributed by atoms with Gasteiger partial charge in [0.25, 0.3) is 0 Å². The van der Waals surface area contributed by atoms with Crippen molar-refractivity contribution in [3.05, 3.63) is 60.2 Å². The molecule has 0 amide bonds. The van der Waals surface area contributed by atoms with Crippen molar-refractivity contribution < 1.29 is 0 Å². The van der Waals surface area contributed by atoms with Gasteiger partial charge < -0.3 is 10.2 Å². The summed E-state index contributed by atoms with van der Waals surface area (Å²) in [6, 6.07) is 19.5. The van der Waals surface area contributed by atoms with Gasteiger partial charge in [-0.15, -0.1) is 0 Å². The number of para-hydroxylation sites is 1. The third-order valence-electron chi connectivity index (χ3n) is 3.58. The molecule has 1 N–H and O–H groups in total. The Kier molecular flexibility index (Phi) is 5.05. The summed E-state index contributed by atoms with van der Waals surface area (Å²) < 4.78 is 0. The Hall–Kier alpha value is -1.96. The number of rotatable bonds is 6. The van der Waals surface area contributed by atoms with Crippen LogP contribution in [0.5, 0.6) is 0 Å². The molecule has 106 valence electrons. The molecule has 1 atom stereocenters. The molecule has 0 saturated heterocycles. The summed E-state index contributed by atoms with van der Waals surface area (Å²) in [6.45, 7) is 8.57. The maximum absolute atomic E-state index is 3.50. The normalized spacial score (nSPS) is 11.9. The molecule has 0 fully saturated rings. The van der Waals surface area contributed by atoms with E-state index in [4.69, 9.17) is 0 Å².